The van der Waals surface area contributed by atoms with E-state index in [1.54, 1.807) is 6.07 Å². The molecule has 1 saturated carbocycles. The molecule has 0 bridgehead atoms. The fourth-order valence-corrected chi connectivity index (χ4v) is 4.45. The molecule has 0 radical (unpaired) electrons. The van der Waals surface area contributed by atoms with Gasteiger partial charge in [0.15, 0.2) is 0 Å². The number of sulfonamides is 1. The maximum atomic E-state index is 13.3. The van der Waals surface area contributed by atoms with E-state index in [0.717, 1.165) is 34.7 Å². The number of nitrogens with one attached hydrogen (secondary N) is 1. The number of hydrogen-bond acceptors (Lipinski definition) is 4. The molecule has 1 aliphatic carbocycles. The van der Waals surface area contributed by atoms with E-state index in [2.05, 4.69) is 5.32 Å². The highest BCUT2D eigenvalue weighted by Crippen LogP contribution is 2.45. The summed E-state index contributed by atoms with van der Waals surface area (Å²) in [7, 11) is 0.815. The molecule has 0 saturated heterocycles. The second-order valence-electron chi connectivity index (χ2n) is 7.41. The number of benzene rings is 2. The highest BCUT2D eigenvalue weighted by atomic mass is 32.2. The van der Waals surface area contributed by atoms with Crippen LogP contribution in [0.1, 0.15) is 30.4 Å². The van der Waals surface area contributed by atoms with Crippen molar-refractivity contribution in [2.24, 2.45) is 0 Å². The summed E-state index contributed by atoms with van der Waals surface area (Å²) in [6, 6.07) is 12.5. The van der Waals surface area contributed by atoms with Gasteiger partial charge in [-0.25, -0.2) is 12.7 Å². The SMILES string of the molecule is COc1ccc(S(=O)(=O)N(C)C)cc1NC(=O)C1(c2cccc(C)c2)CCC1. The van der Waals surface area contributed by atoms with Crippen LogP contribution < -0.4 is 10.1 Å². The van der Waals surface area contributed by atoms with Gasteiger partial charge in [0.25, 0.3) is 0 Å². The maximum absolute atomic E-state index is 13.3. The van der Waals surface area contributed by atoms with Gasteiger partial charge < -0.3 is 10.1 Å². The van der Waals surface area contributed by atoms with E-state index in [1.807, 2.05) is 31.2 Å². The Morgan fingerprint density at radius 3 is 2.39 bits per heavy atom. The Kier molecular flexibility index (Phi) is 5.50. The molecule has 1 N–H and O–H groups in total. The fraction of sp³-hybridized carbons (Fsp3) is 0.381. The zero-order valence-electron chi connectivity index (χ0n) is 16.7. The standard InChI is InChI=1S/C21H26N2O4S/c1-15-7-5-8-16(13-15)21(11-6-12-21)20(24)22-18-14-17(9-10-19(18)27-4)28(25,26)23(2)3/h5,7-10,13-14H,6,11-12H2,1-4H3,(H,22,24). The minimum Gasteiger partial charge on any atom is -0.495 e. The van der Waals surface area contributed by atoms with Crippen LogP contribution in [-0.4, -0.2) is 39.8 Å². The average Bonchev–Trinajstić information content (AvgIpc) is 2.60. The molecular weight excluding hydrogens is 376 g/mol. The van der Waals surface area contributed by atoms with Crippen molar-refractivity contribution in [1.29, 1.82) is 0 Å². The minimum atomic E-state index is -3.62. The number of methoxy groups -OCH3 is 1. The number of hydrogen-bond donors (Lipinski definition) is 1. The van der Waals surface area contributed by atoms with Crippen molar-refractivity contribution < 1.29 is 17.9 Å². The molecule has 0 aliphatic heterocycles. The van der Waals surface area contributed by atoms with Gasteiger partial charge in [0.1, 0.15) is 5.75 Å². The zero-order chi connectivity index (χ0) is 20.5. The molecule has 2 aromatic carbocycles. The molecule has 0 unspecified atom stereocenters. The van der Waals surface area contributed by atoms with Gasteiger partial charge in [-0.05, 0) is 43.5 Å². The van der Waals surface area contributed by atoms with Crippen LogP contribution in [0.5, 0.6) is 5.75 Å². The Labute approximate surface area is 166 Å². The van der Waals surface area contributed by atoms with Crippen molar-refractivity contribution in [2.45, 2.75) is 36.5 Å². The number of carbonyl (C=O) groups excluding carboxylic acids is 1. The lowest BCUT2D eigenvalue weighted by Crippen LogP contribution is -2.46. The predicted octanol–water partition coefficient (Wildman–Crippen LogP) is 3.31. The molecule has 1 amide bonds. The van der Waals surface area contributed by atoms with E-state index in [9.17, 15) is 13.2 Å². The maximum Gasteiger partial charge on any atom is 0.242 e. The molecular formula is C21H26N2O4S. The van der Waals surface area contributed by atoms with Crippen molar-refractivity contribution >= 4 is 21.6 Å². The Morgan fingerprint density at radius 2 is 1.86 bits per heavy atom. The monoisotopic (exact) mass is 402 g/mol. The summed E-state index contributed by atoms with van der Waals surface area (Å²) in [6.45, 7) is 2.01. The molecule has 150 valence electrons. The molecule has 0 heterocycles. The average molecular weight is 403 g/mol. The number of rotatable bonds is 6. The van der Waals surface area contributed by atoms with Gasteiger partial charge in [-0.2, -0.15) is 0 Å². The first-order chi connectivity index (χ1) is 13.2. The first kappa shape index (κ1) is 20.4. The summed E-state index contributed by atoms with van der Waals surface area (Å²) in [6.07, 6.45) is 2.51. The minimum absolute atomic E-state index is 0.104. The summed E-state index contributed by atoms with van der Waals surface area (Å²) in [5.41, 5.74) is 1.86. The van der Waals surface area contributed by atoms with E-state index in [1.165, 1.54) is 33.3 Å². The van der Waals surface area contributed by atoms with Crippen LogP contribution >= 0.6 is 0 Å². The van der Waals surface area contributed by atoms with E-state index in [0.29, 0.717) is 11.4 Å². The van der Waals surface area contributed by atoms with Gasteiger partial charge in [0.05, 0.1) is 23.1 Å². The highest BCUT2D eigenvalue weighted by Gasteiger charge is 2.45. The van der Waals surface area contributed by atoms with Crippen LogP contribution in [0, 0.1) is 6.92 Å². The van der Waals surface area contributed by atoms with Crippen LogP contribution in [0.25, 0.3) is 0 Å². The van der Waals surface area contributed by atoms with Gasteiger partial charge in [-0.15, -0.1) is 0 Å². The third kappa shape index (κ3) is 3.52. The Bertz CT molecular complexity index is 995. The normalized spacial score (nSPS) is 15.8. The summed E-state index contributed by atoms with van der Waals surface area (Å²) in [4.78, 5) is 13.4. The molecule has 28 heavy (non-hydrogen) atoms. The quantitative estimate of drug-likeness (QED) is 0.804. The van der Waals surface area contributed by atoms with Gasteiger partial charge in [0.2, 0.25) is 15.9 Å². The summed E-state index contributed by atoms with van der Waals surface area (Å²) in [5.74, 6) is 0.284. The Hall–Kier alpha value is -2.38. The molecule has 7 heteroatoms. The Morgan fingerprint density at radius 1 is 1.14 bits per heavy atom. The Balaban J connectivity index is 1.97. The molecule has 6 nitrogen and oxygen atoms in total. The summed E-state index contributed by atoms with van der Waals surface area (Å²) in [5, 5.41) is 2.93. The lowest BCUT2D eigenvalue weighted by molar-refractivity contribution is -0.124. The van der Waals surface area contributed by atoms with Crippen LogP contribution in [0.15, 0.2) is 47.4 Å². The van der Waals surface area contributed by atoms with Crippen molar-refractivity contribution in [3.8, 4) is 5.75 Å². The first-order valence-corrected chi connectivity index (χ1v) is 10.6. The van der Waals surface area contributed by atoms with Crippen molar-refractivity contribution in [3.63, 3.8) is 0 Å². The second kappa shape index (κ2) is 7.56. The predicted molar refractivity (Wildman–Crippen MR) is 109 cm³/mol. The van der Waals surface area contributed by atoms with E-state index in [-0.39, 0.29) is 10.8 Å². The molecule has 1 fully saturated rings. The summed E-state index contributed by atoms with van der Waals surface area (Å²) >= 11 is 0. The number of ether oxygens (including phenoxy) is 1. The van der Waals surface area contributed by atoms with Gasteiger partial charge in [-0.1, -0.05) is 36.2 Å². The number of carbonyl (C=O) groups is 1. The molecule has 0 atom stereocenters. The third-order valence-corrected chi connectivity index (χ3v) is 7.22. The molecule has 0 spiro atoms. The van der Waals surface area contributed by atoms with Crippen molar-refractivity contribution in [2.75, 3.05) is 26.5 Å². The smallest absolute Gasteiger partial charge is 0.242 e. The zero-order valence-corrected chi connectivity index (χ0v) is 17.5. The van der Waals surface area contributed by atoms with Crippen LogP contribution in [0.3, 0.4) is 0 Å². The van der Waals surface area contributed by atoms with E-state index >= 15 is 0 Å². The van der Waals surface area contributed by atoms with Crippen LogP contribution in [0.2, 0.25) is 0 Å². The number of nitrogens with zero attached hydrogens (tertiary/aromatic N) is 1. The first-order valence-electron chi connectivity index (χ1n) is 9.20. The summed E-state index contributed by atoms with van der Waals surface area (Å²) < 4.78 is 31.4. The van der Waals surface area contributed by atoms with Gasteiger partial charge in [0, 0.05) is 14.1 Å². The number of anilines is 1. The van der Waals surface area contributed by atoms with Crippen molar-refractivity contribution in [3.05, 3.63) is 53.6 Å². The number of amides is 1. The fourth-order valence-electron chi connectivity index (χ4n) is 3.52. The van der Waals surface area contributed by atoms with E-state index in [4.69, 9.17) is 4.74 Å². The number of aryl methyl sites for hydroxylation is 1. The molecule has 2 aromatic rings. The topological polar surface area (TPSA) is 75.7 Å². The lowest BCUT2D eigenvalue weighted by atomic mass is 9.63. The molecule has 1 aliphatic rings. The molecule has 3 rings (SSSR count). The second-order valence-corrected chi connectivity index (χ2v) is 9.56. The van der Waals surface area contributed by atoms with Crippen LogP contribution in [0.4, 0.5) is 5.69 Å². The van der Waals surface area contributed by atoms with Gasteiger partial charge >= 0.3 is 0 Å². The highest BCUT2D eigenvalue weighted by molar-refractivity contribution is 7.89. The van der Waals surface area contributed by atoms with Crippen molar-refractivity contribution in [1.82, 2.24) is 4.31 Å². The van der Waals surface area contributed by atoms with E-state index < -0.39 is 15.4 Å². The largest absolute Gasteiger partial charge is 0.495 e. The van der Waals surface area contributed by atoms with Crippen LogP contribution in [-0.2, 0) is 20.2 Å². The third-order valence-electron chi connectivity index (χ3n) is 5.41. The molecule has 0 aromatic heterocycles. The lowest BCUT2D eigenvalue weighted by Gasteiger charge is -2.41. The van der Waals surface area contributed by atoms with Gasteiger partial charge in [-0.3, -0.25) is 4.79 Å².